The molecule has 0 amide bonds. The van der Waals surface area contributed by atoms with E-state index in [4.69, 9.17) is 14.5 Å². The molecule has 1 aliphatic heterocycles. The van der Waals surface area contributed by atoms with Gasteiger partial charge in [-0.2, -0.15) is 0 Å². The van der Waals surface area contributed by atoms with Crippen LogP contribution in [0.2, 0.25) is 0 Å². The minimum absolute atomic E-state index is 0.0469. The van der Waals surface area contributed by atoms with Crippen molar-refractivity contribution < 1.29 is 19.4 Å². The van der Waals surface area contributed by atoms with Gasteiger partial charge in [-0.15, -0.1) is 0 Å². The molecule has 2 aromatic heterocycles. The topological polar surface area (TPSA) is 97.7 Å². The summed E-state index contributed by atoms with van der Waals surface area (Å²) in [5.41, 5.74) is 2.35. The van der Waals surface area contributed by atoms with Crippen molar-refractivity contribution in [3.63, 3.8) is 0 Å². The van der Waals surface area contributed by atoms with Crippen molar-refractivity contribution in [1.82, 2.24) is 15.0 Å². The Labute approximate surface area is 155 Å². The number of carbonyl (C=O) groups is 1. The number of anilines is 1. The SMILES string of the molecule is COc1cccc(-c2nc(N3CCOCC3)nc3ccc(C(=O)O)nc23)c1. The first-order chi connectivity index (χ1) is 13.2. The lowest BCUT2D eigenvalue weighted by Gasteiger charge is -2.27. The van der Waals surface area contributed by atoms with E-state index >= 15 is 0 Å². The molecular formula is C19H18N4O4. The Morgan fingerprint density at radius 3 is 2.70 bits per heavy atom. The number of aromatic nitrogens is 3. The number of methoxy groups -OCH3 is 1. The highest BCUT2D eigenvalue weighted by molar-refractivity contribution is 5.94. The summed E-state index contributed by atoms with van der Waals surface area (Å²) in [7, 11) is 1.59. The number of nitrogens with zero attached hydrogens (tertiary/aromatic N) is 4. The maximum atomic E-state index is 11.4. The lowest BCUT2D eigenvalue weighted by atomic mass is 10.1. The molecule has 1 saturated heterocycles. The first-order valence-electron chi connectivity index (χ1n) is 8.55. The molecule has 0 atom stereocenters. The summed E-state index contributed by atoms with van der Waals surface area (Å²) in [6, 6.07) is 10.6. The van der Waals surface area contributed by atoms with Crippen LogP contribution in [0.1, 0.15) is 10.5 Å². The second kappa shape index (κ2) is 7.16. The Balaban J connectivity index is 1.93. The molecule has 0 aliphatic carbocycles. The molecule has 0 saturated carbocycles. The molecule has 138 valence electrons. The van der Waals surface area contributed by atoms with Crippen LogP contribution in [0.4, 0.5) is 5.95 Å². The van der Waals surface area contributed by atoms with Gasteiger partial charge in [-0.05, 0) is 24.3 Å². The zero-order chi connectivity index (χ0) is 18.8. The fourth-order valence-corrected chi connectivity index (χ4v) is 3.00. The largest absolute Gasteiger partial charge is 0.497 e. The zero-order valence-electron chi connectivity index (χ0n) is 14.8. The van der Waals surface area contributed by atoms with Crippen LogP contribution >= 0.6 is 0 Å². The number of carboxylic acid groups (broad SMARTS) is 1. The van der Waals surface area contributed by atoms with E-state index in [1.54, 1.807) is 13.2 Å². The summed E-state index contributed by atoms with van der Waals surface area (Å²) in [5, 5.41) is 9.30. The predicted molar refractivity (Wildman–Crippen MR) is 99.3 cm³/mol. The molecule has 8 nitrogen and oxygen atoms in total. The number of fused-ring (bicyclic) bond motifs is 1. The van der Waals surface area contributed by atoms with E-state index < -0.39 is 5.97 Å². The van der Waals surface area contributed by atoms with Crippen molar-refractivity contribution >= 4 is 23.0 Å². The highest BCUT2D eigenvalue weighted by atomic mass is 16.5. The molecular weight excluding hydrogens is 348 g/mol. The number of rotatable bonds is 4. The summed E-state index contributed by atoms with van der Waals surface area (Å²) in [6.07, 6.45) is 0. The van der Waals surface area contributed by atoms with E-state index in [2.05, 4.69) is 14.9 Å². The van der Waals surface area contributed by atoms with Crippen LogP contribution in [-0.2, 0) is 4.74 Å². The molecule has 0 bridgehead atoms. The molecule has 4 rings (SSSR count). The molecule has 0 unspecified atom stereocenters. The maximum absolute atomic E-state index is 11.4. The molecule has 8 heteroatoms. The zero-order valence-corrected chi connectivity index (χ0v) is 14.8. The maximum Gasteiger partial charge on any atom is 0.354 e. The first kappa shape index (κ1) is 17.2. The van der Waals surface area contributed by atoms with Crippen LogP contribution < -0.4 is 9.64 Å². The second-order valence-electron chi connectivity index (χ2n) is 6.07. The molecule has 3 heterocycles. The van der Waals surface area contributed by atoms with E-state index in [9.17, 15) is 9.90 Å². The smallest absolute Gasteiger partial charge is 0.354 e. The fourth-order valence-electron chi connectivity index (χ4n) is 3.00. The highest BCUT2D eigenvalue weighted by Crippen LogP contribution is 2.29. The molecule has 0 radical (unpaired) electrons. The minimum Gasteiger partial charge on any atom is -0.497 e. The molecule has 1 aliphatic rings. The molecule has 27 heavy (non-hydrogen) atoms. The summed E-state index contributed by atoms with van der Waals surface area (Å²) in [5.74, 6) is 0.167. The highest BCUT2D eigenvalue weighted by Gasteiger charge is 2.19. The van der Waals surface area contributed by atoms with Gasteiger partial charge in [0.2, 0.25) is 5.95 Å². The Kier molecular flexibility index (Phi) is 4.55. The van der Waals surface area contributed by atoms with Gasteiger partial charge < -0.3 is 19.5 Å². The van der Waals surface area contributed by atoms with Crippen LogP contribution in [0, 0.1) is 0 Å². The number of aromatic carboxylic acids is 1. The van der Waals surface area contributed by atoms with Crippen LogP contribution in [0.5, 0.6) is 5.75 Å². The van der Waals surface area contributed by atoms with Gasteiger partial charge in [-0.25, -0.2) is 19.7 Å². The van der Waals surface area contributed by atoms with Gasteiger partial charge in [0.15, 0.2) is 0 Å². The molecule has 0 spiro atoms. The first-order valence-corrected chi connectivity index (χ1v) is 8.55. The van der Waals surface area contributed by atoms with E-state index in [0.29, 0.717) is 54.7 Å². The number of benzene rings is 1. The van der Waals surface area contributed by atoms with Gasteiger partial charge in [0.05, 0.1) is 25.8 Å². The third-order valence-corrected chi connectivity index (χ3v) is 4.39. The van der Waals surface area contributed by atoms with Gasteiger partial charge in [0.25, 0.3) is 0 Å². The Hall–Kier alpha value is -3.26. The van der Waals surface area contributed by atoms with Crippen molar-refractivity contribution in [3.05, 3.63) is 42.1 Å². The minimum atomic E-state index is -1.09. The van der Waals surface area contributed by atoms with Crippen LogP contribution in [0.3, 0.4) is 0 Å². The number of hydrogen-bond donors (Lipinski definition) is 1. The van der Waals surface area contributed by atoms with Crippen molar-refractivity contribution in [1.29, 1.82) is 0 Å². The van der Waals surface area contributed by atoms with Crippen molar-refractivity contribution in [2.75, 3.05) is 38.3 Å². The van der Waals surface area contributed by atoms with Crippen molar-refractivity contribution in [2.24, 2.45) is 0 Å². The third kappa shape index (κ3) is 3.39. The standard InChI is InChI=1S/C19H18N4O4/c1-26-13-4-2-3-12(11-13)16-17-14(5-6-15(20-17)18(24)25)21-19(22-16)23-7-9-27-10-8-23/h2-6,11H,7-10H2,1H3,(H,24,25). The second-order valence-corrected chi connectivity index (χ2v) is 6.07. The molecule has 1 fully saturated rings. The third-order valence-electron chi connectivity index (χ3n) is 4.39. The van der Waals surface area contributed by atoms with Gasteiger partial charge in [0.1, 0.15) is 22.7 Å². The Morgan fingerprint density at radius 1 is 1.15 bits per heavy atom. The van der Waals surface area contributed by atoms with E-state index in [0.717, 1.165) is 5.56 Å². The fraction of sp³-hybridized carbons (Fsp3) is 0.263. The summed E-state index contributed by atoms with van der Waals surface area (Å²) in [6.45, 7) is 2.63. The lowest BCUT2D eigenvalue weighted by Crippen LogP contribution is -2.37. The van der Waals surface area contributed by atoms with Gasteiger partial charge >= 0.3 is 5.97 Å². The average Bonchev–Trinajstić information content (AvgIpc) is 2.73. The molecule has 1 aromatic carbocycles. The van der Waals surface area contributed by atoms with Crippen LogP contribution in [0.25, 0.3) is 22.3 Å². The Bertz CT molecular complexity index is 1000. The number of ether oxygens (including phenoxy) is 2. The number of morpholine rings is 1. The van der Waals surface area contributed by atoms with Crippen LogP contribution in [0.15, 0.2) is 36.4 Å². The number of carboxylic acids is 1. The normalized spacial score (nSPS) is 14.3. The van der Waals surface area contributed by atoms with E-state index in [1.165, 1.54) is 6.07 Å². The average molecular weight is 366 g/mol. The van der Waals surface area contributed by atoms with E-state index in [-0.39, 0.29) is 5.69 Å². The van der Waals surface area contributed by atoms with Crippen LogP contribution in [-0.4, -0.2) is 59.4 Å². The quantitative estimate of drug-likeness (QED) is 0.751. The summed E-state index contributed by atoms with van der Waals surface area (Å²) >= 11 is 0. The van der Waals surface area contributed by atoms with Crippen molar-refractivity contribution in [3.8, 4) is 17.0 Å². The molecule has 3 aromatic rings. The van der Waals surface area contributed by atoms with Gasteiger partial charge in [-0.3, -0.25) is 0 Å². The lowest BCUT2D eigenvalue weighted by molar-refractivity contribution is 0.0691. The van der Waals surface area contributed by atoms with Crippen molar-refractivity contribution in [2.45, 2.75) is 0 Å². The van der Waals surface area contributed by atoms with E-state index in [1.807, 2.05) is 24.3 Å². The monoisotopic (exact) mass is 366 g/mol. The van der Waals surface area contributed by atoms with Gasteiger partial charge in [-0.1, -0.05) is 12.1 Å². The summed E-state index contributed by atoms with van der Waals surface area (Å²) < 4.78 is 10.7. The predicted octanol–water partition coefficient (Wildman–Crippen LogP) is 2.24. The Morgan fingerprint density at radius 2 is 1.96 bits per heavy atom. The number of pyridine rings is 1. The van der Waals surface area contributed by atoms with Gasteiger partial charge in [0, 0.05) is 18.7 Å². The summed E-state index contributed by atoms with van der Waals surface area (Å²) in [4.78, 5) is 27.0. The number of hydrogen-bond acceptors (Lipinski definition) is 7. The molecule has 1 N–H and O–H groups in total.